The summed E-state index contributed by atoms with van der Waals surface area (Å²) in [5.41, 5.74) is 1.66. The third-order valence-corrected chi connectivity index (χ3v) is 6.19. The lowest BCUT2D eigenvalue weighted by Crippen LogP contribution is -2.39. The zero-order valence-corrected chi connectivity index (χ0v) is 17.1. The number of nitrogens with zero attached hydrogens (tertiary/aromatic N) is 1. The maximum absolute atomic E-state index is 12.9. The van der Waals surface area contributed by atoms with E-state index in [0.29, 0.717) is 22.9 Å². The monoisotopic (exact) mass is 410 g/mol. The second-order valence-electron chi connectivity index (χ2n) is 7.84. The number of anilines is 1. The van der Waals surface area contributed by atoms with Crippen LogP contribution in [0.3, 0.4) is 0 Å². The Bertz CT molecular complexity index is 996. The number of amides is 1. The Hall–Kier alpha value is -2.50. The Morgan fingerprint density at radius 1 is 1.00 bits per heavy atom. The number of ketones is 2. The standard InChI is InChI=1S/C23H23ClN2O3/c1-26(14-7-3-2-4-8-14)13-21(27)25-20-12-18-17(11-19(20)24)22(28)15-9-5-6-10-16(15)23(18)29/h5-6,9-12,14H,2-4,7-8,13H2,1H3,(H,25,27). The summed E-state index contributed by atoms with van der Waals surface area (Å²) in [5, 5.41) is 3.06. The fraction of sp³-hybridized carbons (Fsp3) is 0.348. The summed E-state index contributed by atoms with van der Waals surface area (Å²) >= 11 is 6.34. The molecule has 0 heterocycles. The molecule has 1 saturated carbocycles. The topological polar surface area (TPSA) is 66.5 Å². The van der Waals surface area contributed by atoms with Crippen molar-refractivity contribution in [1.29, 1.82) is 0 Å². The highest BCUT2D eigenvalue weighted by Crippen LogP contribution is 2.33. The zero-order chi connectivity index (χ0) is 20.5. The predicted octanol–water partition coefficient (Wildman–Crippen LogP) is 4.32. The Morgan fingerprint density at radius 3 is 2.21 bits per heavy atom. The van der Waals surface area contributed by atoms with E-state index >= 15 is 0 Å². The molecule has 6 heteroatoms. The maximum atomic E-state index is 12.9. The summed E-state index contributed by atoms with van der Waals surface area (Å²) in [6.07, 6.45) is 5.88. The second kappa shape index (κ2) is 8.09. The van der Waals surface area contributed by atoms with Gasteiger partial charge in [0.1, 0.15) is 0 Å². The summed E-state index contributed by atoms with van der Waals surface area (Å²) in [6.45, 7) is 0.258. The molecule has 4 rings (SSSR count). The minimum Gasteiger partial charge on any atom is -0.324 e. The molecule has 0 aromatic heterocycles. The summed E-state index contributed by atoms with van der Waals surface area (Å²) < 4.78 is 0. The van der Waals surface area contributed by atoms with E-state index in [4.69, 9.17) is 11.6 Å². The van der Waals surface area contributed by atoms with Crippen molar-refractivity contribution in [2.75, 3.05) is 18.9 Å². The van der Waals surface area contributed by atoms with E-state index in [1.165, 1.54) is 31.4 Å². The van der Waals surface area contributed by atoms with Crippen LogP contribution in [0.15, 0.2) is 36.4 Å². The molecule has 2 aromatic rings. The molecule has 0 saturated heterocycles. The number of halogens is 1. The molecule has 0 radical (unpaired) electrons. The molecule has 0 spiro atoms. The van der Waals surface area contributed by atoms with Crippen LogP contribution in [0.1, 0.15) is 63.9 Å². The van der Waals surface area contributed by atoms with E-state index in [1.54, 1.807) is 24.3 Å². The summed E-state index contributed by atoms with van der Waals surface area (Å²) in [7, 11) is 1.96. The van der Waals surface area contributed by atoms with Crippen LogP contribution in [-0.4, -0.2) is 42.0 Å². The van der Waals surface area contributed by atoms with Gasteiger partial charge in [-0.25, -0.2) is 0 Å². The first-order chi connectivity index (χ1) is 14.0. The molecule has 1 N–H and O–H groups in total. The van der Waals surface area contributed by atoms with Crippen LogP contribution >= 0.6 is 11.6 Å². The number of carbonyl (C=O) groups is 3. The fourth-order valence-corrected chi connectivity index (χ4v) is 4.49. The number of rotatable bonds is 4. The maximum Gasteiger partial charge on any atom is 0.238 e. The van der Waals surface area contributed by atoms with Crippen LogP contribution in [0.2, 0.25) is 5.02 Å². The second-order valence-corrected chi connectivity index (χ2v) is 8.24. The number of carbonyl (C=O) groups excluding carboxylic acids is 3. The lowest BCUT2D eigenvalue weighted by Gasteiger charge is -2.30. The van der Waals surface area contributed by atoms with Gasteiger partial charge in [-0.05, 0) is 32.0 Å². The minimum atomic E-state index is -0.235. The number of fused-ring (bicyclic) bond motifs is 2. The lowest BCUT2D eigenvalue weighted by molar-refractivity contribution is -0.117. The number of hydrogen-bond donors (Lipinski definition) is 1. The van der Waals surface area contributed by atoms with Crippen molar-refractivity contribution < 1.29 is 14.4 Å². The van der Waals surface area contributed by atoms with Crippen LogP contribution in [-0.2, 0) is 4.79 Å². The third kappa shape index (κ3) is 3.85. The first-order valence-electron chi connectivity index (χ1n) is 9.98. The van der Waals surface area contributed by atoms with Gasteiger partial charge in [0.15, 0.2) is 11.6 Å². The molecule has 0 bridgehead atoms. The molecule has 5 nitrogen and oxygen atoms in total. The van der Waals surface area contributed by atoms with Crippen molar-refractivity contribution in [2.24, 2.45) is 0 Å². The molecular weight excluding hydrogens is 388 g/mol. The number of benzene rings is 2. The quantitative estimate of drug-likeness (QED) is 0.695. The highest BCUT2D eigenvalue weighted by Gasteiger charge is 2.30. The van der Waals surface area contributed by atoms with Gasteiger partial charge in [-0.2, -0.15) is 0 Å². The van der Waals surface area contributed by atoms with Crippen LogP contribution < -0.4 is 5.32 Å². The van der Waals surface area contributed by atoms with Crippen molar-refractivity contribution in [3.8, 4) is 0 Å². The van der Waals surface area contributed by atoms with Crippen molar-refractivity contribution in [3.05, 3.63) is 63.7 Å². The molecule has 2 aliphatic carbocycles. The molecule has 29 heavy (non-hydrogen) atoms. The average molecular weight is 411 g/mol. The summed E-state index contributed by atoms with van der Waals surface area (Å²) in [4.78, 5) is 40.3. The fourth-order valence-electron chi connectivity index (χ4n) is 4.28. The van der Waals surface area contributed by atoms with Crippen LogP contribution in [0.4, 0.5) is 5.69 Å². The van der Waals surface area contributed by atoms with Gasteiger partial charge >= 0.3 is 0 Å². The van der Waals surface area contributed by atoms with Crippen molar-refractivity contribution >= 4 is 34.8 Å². The van der Waals surface area contributed by atoms with Gasteiger partial charge in [0.2, 0.25) is 5.91 Å². The van der Waals surface area contributed by atoms with E-state index < -0.39 is 0 Å². The molecule has 2 aromatic carbocycles. The molecule has 1 amide bonds. The van der Waals surface area contributed by atoms with Crippen molar-refractivity contribution in [2.45, 2.75) is 38.1 Å². The van der Waals surface area contributed by atoms with E-state index in [2.05, 4.69) is 10.2 Å². The highest BCUT2D eigenvalue weighted by molar-refractivity contribution is 6.36. The Morgan fingerprint density at radius 2 is 1.59 bits per heavy atom. The highest BCUT2D eigenvalue weighted by atomic mass is 35.5. The Balaban J connectivity index is 1.54. The van der Waals surface area contributed by atoms with E-state index in [0.717, 1.165) is 12.8 Å². The molecule has 0 atom stereocenters. The predicted molar refractivity (Wildman–Crippen MR) is 113 cm³/mol. The van der Waals surface area contributed by atoms with Crippen molar-refractivity contribution in [3.63, 3.8) is 0 Å². The van der Waals surface area contributed by atoms with Crippen molar-refractivity contribution in [1.82, 2.24) is 4.90 Å². The van der Waals surface area contributed by atoms with Gasteiger partial charge in [0.05, 0.1) is 17.3 Å². The largest absolute Gasteiger partial charge is 0.324 e. The molecule has 0 aliphatic heterocycles. The zero-order valence-electron chi connectivity index (χ0n) is 16.3. The van der Waals surface area contributed by atoms with E-state index in [1.807, 2.05) is 7.05 Å². The Kier molecular flexibility index (Phi) is 5.52. The minimum absolute atomic E-state index is 0.185. The molecular formula is C23H23ClN2O3. The van der Waals surface area contributed by atoms with E-state index in [9.17, 15) is 14.4 Å². The van der Waals surface area contributed by atoms with Gasteiger partial charge in [-0.3, -0.25) is 19.3 Å². The van der Waals surface area contributed by atoms with Crippen LogP contribution in [0, 0.1) is 0 Å². The van der Waals surface area contributed by atoms with Crippen LogP contribution in [0.5, 0.6) is 0 Å². The number of nitrogens with one attached hydrogen (secondary N) is 1. The molecule has 1 fully saturated rings. The normalized spacial score (nSPS) is 16.5. The number of likely N-dealkylation sites (N-methyl/N-ethyl adjacent to an activating group) is 1. The average Bonchev–Trinajstić information content (AvgIpc) is 2.73. The SMILES string of the molecule is CN(CC(=O)Nc1cc2c(cc1Cl)C(=O)c1ccccc1C2=O)C1CCCCC1. The first-order valence-corrected chi connectivity index (χ1v) is 10.4. The first kappa shape index (κ1) is 19.8. The lowest BCUT2D eigenvalue weighted by atomic mass is 9.84. The third-order valence-electron chi connectivity index (χ3n) is 5.88. The molecule has 2 aliphatic rings. The van der Waals surface area contributed by atoms with E-state index in [-0.39, 0.29) is 40.2 Å². The van der Waals surface area contributed by atoms with Gasteiger partial charge < -0.3 is 5.32 Å². The van der Waals surface area contributed by atoms with Crippen LogP contribution in [0.25, 0.3) is 0 Å². The smallest absolute Gasteiger partial charge is 0.238 e. The summed E-state index contributed by atoms with van der Waals surface area (Å²) in [6, 6.07) is 10.2. The van der Waals surface area contributed by atoms with Gasteiger partial charge in [-0.1, -0.05) is 55.1 Å². The van der Waals surface area contributed by atoms with Gasteiger partial charge in [0, 0.05) is 28.3 Å². The van der Waals surface area contributed by atoms with Gasteiger partial charge in [-0.15, -0.1) is 0 Å². The molecule has 0 unspecified atom stereocenters. The molecule has 150 valence electrons. The Labute approximate surface area is 175 Å². The number of hydrogen-bond acceptors (Lipinski definition) is 4. The summed E-state index contributed by atoms with van der Waals surface area (Å²) in [5.74, 6) is -0.649. The van der Waals surface area contributed by atoms with Gasteiger partial charge in [0.25, 0.3) is 0 Å².